The second-order valence-electron chi connectivity index (χ2n) is 5.14. The van der Waals surface area contributed by atoms with Gasteiger partial charge in [0.2, 0.25) is 0 Å². The first-order valence-electron chi connectivity index (χ1n) is 7.13. The third-order valence-corrected chi connectivity index (χ3v) is 3.63. The second-order valence-corrected chi connectivity index (χ2v) is 5.57. The fourth-order valence-corrected chi connectivity index (χ4v) is 2.41. The van der Waals surface area contributed by atoms with E-state index < -0.39 is 11.7 Å². The van der Waals surface area contributed by atoms with Gasteiger partial charge in [0.25, 0.3) is 0 Å². The molecule has 0 saturated heterocycles. The molecule has 0 fully saturated rings. The average Bonchev–Trinajstić information content (AvgIpc) is 3.04. The van der Waals surface area contributed by atoms with Crippen LogP contribution in [-0.4, -0.2) is 11.3 Å². The lowest BCUT2D eigenvalue weighted by atomic mass is 10.1. The molecule has 0 aliphatic carbocycles. The molecule has 1 heterocycles. The molecule has 1 aromatic heterocycles. The standard InChI is InChI=1S/C18H11ClF3NO2/c19-11-5-7-16(24)15(9-11)23-10-12-6-8-17(25-12)13-3-1-2-4-14(13)18(20,21)22/h1-10,24H/b23-10+. The van der Waals surface area contributed by atoms with E-state index in [1.165, 1.54) is 54.7 Å². The molecular formula is C18H11ClF3NO2. The largest absolute Gasteiger partial charge is 0.506 e. The predicted molar refractivity (Wildman–Crippen MR) is 89.5 cm³/mol. The number of nitrogens with zero attached hydrogens (tertiary/aromatic N) is 1. The molecule has 0 bridgehead atoms. The van der Waals surface area contributed by atoms with Gasteiger partial charge in [-0.1, -0.05) is 29.8 Å². The van der Waals surface area contributed by atoms with E-state index in [-0.39, 0.29) is 28.5 Å². The van der Waals surface area contributed by atoms with Crippen LogP contribution in [-0.2, 0) is 6.18 Å². The number of hydrogen-bond acceptors (Lipinski definition) is 3. The van der Waals surface area contributed by atoms with E-state index in [1.807, 2.05) is 0 Å². The summed E-state index contributed by atoms with van der Waals surface area (Å²) in [6.07, 6.45) is -3.19. The van der Waals surface area contributed by atoms with Crippen LogP contribution in [0.25, 0.3) is 11.3 Å². The summed E-state index contributed by atoms with van der Waals surface area (Å²) in [6, 6.07) is 12.4. The molecule has 3 aromatic rings. The Balaban J connectivity index is 1.92. The fraction of sp³-hybridized carbons (Fsp3) is 0.0556. The van der Waals surface area contributed by atoms with Gasteiger partial charge in [0.05, 0.1) is 11.8 Å². The first-order valence-corrected chi connectivity index (χ1v) is 7.51. The SMILES string of the molecule is Oc1ccc(Cl)cc1/N=C/c1ccc(-c2ccccc2C(F)(F)F)o1. The van der Waals surface area contributed by atoms with E-state index in [2.05, 4.69) is 4.99 Å². The third kappa shape index (κ3) is 3.85. The van der Waals surface area contributed by atoms with E-state index in [0.29, 0.717) is 5.02 Å². The van der Waals surface area contributed by atoms with Crippen LogP contribution in [0.5, 0.6) is 5.75 Å². The quantitative estimate of drug-likeness (QED) is 0.572. The van der Waals surface area contributed by atoms with Crippen LogP contribution < -0.4 is 0 Å². The maximum absolute atomic E-state index is 13.1. The van der Waals surface area contributed by atoms with Crippen LogP contribution in [0.3, 0.4) is 0 Å². The van der Waals surface area contributed by atoms with Gasteiger partial charge in [-0.25, -0.2) is 4.99 Å². The summed E-state index contributed by atoms with van der Waals surface area (Å²) < 4.78 is 44.7. The molecular weight excluding hydrogens is 355 g/mol. The smallest absolute Gasteiger partial charge is 0.417 e. The van der Waals surface area contributed by atoms with Crippen LogP contribution >= 0.6 is 11.6 Å². The highest BCUT2D eigenvalue weighted by Gasteiger charge is 2.34. The molecule has 3 nitrogen and oxygen atoms in total. The van der Waals surface area contributed by atoms with Crippen molar-refractivity contribution in [2.45, 2.75) is 6.18 Å². The minimum atomic E-state index is -4.48. The number of benzene rings is 2. The molecule has 3 rings (SSSR count). The second kappa shape index (κ2) is 6.64. The maximum atomic E-state index is 13.1. The molecule has 128 valence electrons. The van der Waals surface area contributed by atoms with Crippen LogP contribution in [0.4, 0.5) is 18.9 Å². The van der Waals surface area contributed by atoms with Crippen molar-refractivity contribution in [1.82, 2.24) is 0 Å². The Morgan fingerprint density at radius 3 is 2.56 bits per heavy atom. The fourth-order valence-electron chi connectivity index (χ4n) is 2.25. The maximum Gasteiger partial charge on any atom is 0.417 e. The van der Waals surface area contributed by atoms with E-state index >= 15 is 0 Å². The zero-order chi connectivity index (χ0) is 18.0. The topological polar surface area (TPSA) is 45.7 Å². The van der Waals surface area contributed by atoms with Crippen LogP contribution in [0.1, 0.15) is 11.3 Å². The Labute approximate surface area is 146 Å². The van der Waals surface area contributed by atoms with Crippen LogP contribution in [0, 0.1) is 0 Å². The molecule has 0 unspecified atom stereocenters. The molecule has 7 heteroatoms. The van der Waals surface area contributed by atoms with Gasteiger partial charge < -0.3 is 9.52 Å². The highest BCUT2D eigenvalue weighted by atomic mass is 35.5. The Morgan fingerprint density at radius 2 is 1.80 bits per heavy atom. The van der Waals surface area contributed by atoms with Gasteiger partial charge in [0.15, 0.2) is 0 Å². The molecule has 0 radical (unpaired) electrons. The zero-order valence-corrected chi connectivity index (χ0v) is 13.3. The number of rotatable bonds is 3. The number of phenols is 1. The Morgan fingerprint density at radius 1 is 1.04 bits per heavy atom. The molecule has 1 N–H and O–H groups in total. The third-order valence-electron chi connectivity index (χ3n) is 3.39. The minimum Gasteiger partial charge on any atom is -0.506 e. The zero-order valence-electron chi connectivity index (χ0n) is 12.6. The Hall–Kier alpha value is -2.73. The van der Waals surface area contributed by atoms with E-state index in [9.17, 15) is 18.3 Å². The van der Waals surface area contributed by atoms with Gasteiger partial charge in [-0.15, -0.1) is 0 Å². The summed E-state index contributed by atoms with van der Waals surface area (Å²) in [7, 11) is 0. The molecule has 0 saturated carbocycles. The summed E-state index contributed by atoms with van der Waals surface area (Å²) in [5.41, 5.74) is -0.610. The van der Waals surface area contributed by atoms with E-state index in [0.717, 1.165) is 6.07 Å². The van der Waals surface area contributed by atoms with Crippen molar-refractivity contribution in [1.29, 1.82) is 0 Å². The molecule has 0 spiro atoms. The first kappa shape index (κ1) is 17.1. The number of alkyl halides is 3. The van der Waals surface area contributed by atoms with Crippen molar-refractivity contribution in [2.24, 2.45) is 4.99 Å². The van der Waals surface area contributed by atoms with Gasteiger partial charge >= 0.3 is 6.18 Å². The van der Waals surface area contributed by atoms with Gasteiger partial charge in [-0.05, 0) is 36.4 Å². The minimum absolute atomic E-state index is 0.0553. The first-order chi connectivity index (χ1) is 11.8. The van der Waals surface area contributed by atoms with Crippen LogP contribution in [0.2, 0.25) is 5.02 Å². The van der Waals surface area contributed by atoms with E-state index in [1.54, 1.807) is 0 Å². The van der Waals surface area contributed by atoms with Gasteiger partial charge in [0, 0.05) is 10.6 Å². The summed E-state index contributed by atoms with van der Waals surface area (Å²) in [4.78, 5) is 4.04. The predicted octanol–water partition coefficient (Wildman–Crippen LogP) is 6.08. The van der Waals surface area contributed by atoms with Crippen molar-refractivity contribution < 1.29 is 22.7 Å². The Bertz CT molecular complexity index is 932. The number of hydrogen-bond donors (Lipinski definition) is 1. The lowest BCUT2D eigenvalue weighted by molar-refractivity contribution is -0.137. The highest BCUT2D eigenvalue weighted by molar-refractivity contribution is 6.30. The summed E-state index contributed by atoms with van der Waals surface area (Å²) in [6.45, 7) is 0. The number of aromatic hydroxyl groups is 1. The Kier molecular flexibility index (Phi) is 4.55. The van der Waals surface area contributed by atoms with Crippen molar-refractivity contribution in [3.05, 3.63) is 70.9 Å². The number of furan rings is 1. The number of halogens is 4. The average molecular weight is 366 g/mol. The van der Waals surface area contributed by atoms with Crippen LogP contribution in [0.15, 0.2) is 64.0 Å². The van der Waals surface area contributed by atoms with Gasteiger partial charge in [-0.2, -0.15) is 13.2 Å². The summed E-state index contributed by atoms with van der Waals surface area (Å²) in [5, 5.41) is 10.1. The molecule has 0 amide bonds. The number of phenolic OH excluding ortho intramolecular Hbond substituents is 1. The molecule has 0 aliphatic rings. The van der Waals surface area contributed by atoms with Crippen molar-refractivity contribution in [2.75, 3.05) is 0 Å². The highest BCUT2D eigenvalue weighted by Crippen LogP contribution is 2.37. The molecule has 25 heavy (non-hydrogen) atoms. The molecule has 2 aromatic carbocycles. The van der Waals surface area contributed by atoms with Crippen molar-refractivity contribution in [3.63, 3.8) is 0 Å². The number of aliphatic imine (C=N–C) groups is 1. The monoisotopic (exact) mass is 365 g/mol. The molecule has 0 atom stereocenters. The summed E-state index contributed by atoms with van der Waals surface area (Å²) in [5.74, 6) is 0.242. The van der Waals surface area contributed by atoms with E-state index in [4.69, 9.17) is 16.0 Å². The van der Waals surface area contributed by atoms with Gasteiger partial charge in [0.1, 0.15) is 23.0 Å². The summed E-state index contributed by atoms with van der Waals surface area (Å²) >= 11 is 5.83. The van der Waals surface area contributed by atoms with Crippen molar-refractivity contribution >= 4 is 23.5 Å². The normalized spacial score (nSPS) is 12.0. The van der Waals surface area contributed by atoms with Crippen molar-refractivity contribution in [3.8, 4) is 17.1 Å². The molecule has 0 aliphatic heterocycles. The lowest BCUT2D eigenvalue weighted by Gasteiger charge is -2.10. The van der Waals surface area contributed by atoms with Gasteiger partial charge in [-0.3, -0.25) is 0 Å². The lowest BCUT2D eigenvalue weighted by Crippen LogP contribution is -2.06.